The van der Waals surface area contributed by atoms with Gasteiger partial charge in [0.15, 0.2) is 0 Å². The summed E-state index contributed by atoms with van der Waals surface area (Å²) in [5.41, 5.74) is 3.31. The van der Waals surface area contributed by atoms with E-state index in [0.717, 1.165) is 16.8 Å². The molecule has 0 unspecified atom stereocenters. The second-order valence-electron chi connectivity index (χ2n) is 5.85. The molecule has 0 aliphatic rings. The molecule has 2 aromatic carbocycles. The van der Waals surface area contributed by atoms with Crippen molar-refractivity contribution in [3.8, 4) is 6.07 Å². The number of esters is 1. The first kappa shape index (κ1) is 19.7. The number of amides is 1. The summed E-state index contributed by atoms with van der Waals surface area (Å²) in [7, 11) is 0. The van der Waals surface area contributed by atoms with E-state index in [9.17, 15) is 14.9 Å². The zero-order valence-corrected chi connectivity index (χ0v) is 15.5. The lowest BCUT2D eigenvalue weighted by Crippen LogP contribution is -2.17. The van der Waals surface area contributed by atoms with E-state index in [1.54, 1.807) is 31.2 Å². The molecule has 0 heterocycles. The number of nitrogens with one attached hydrogen (secondary N) is 2. The van der Waals surface area contributed by atoms with E-state index in [1.165, 1.54) is 6.20 Å². The van der Waals surface area contributed by atoms with Gasteiger partial charge >= 0.3 is 5.97 Å². The predicted octanol–water partition coefficient (Wildman–Crippen LogP) is 3.94. The zero-order chi connectivity index (χ0) is 19.8. The van der Waals surface area contributed by atoms with Gasteiger partial charge in [0.25, 0.3) is 5.91 Å². The molecule has 0 atom stereocenters. The molecular formula is C21H21N3O3. The molecule has 0 spiro atoms. The summed E-state index contributed by atoms with van der Waals surface area (Å²) in [6, 6.07) is 14.2. The first-order chi connectivity index (χ1) is 13.0. The molecule has 0 radical (unpaired) electrons. The van der Waals surface area contributed by atoms with Gasteiger partial charge in [0.1, 0.15) is 11.6 Å². The molecule has 138 valence electrons. The van der Waals surface area contributed by atoms with Gasteiger partial charge in [-0.25, -0.2) is 4.79 Å². The number of para-hydroxylation sites is 1. The van der Waals surface area contributed by atoms with Crippen LogP contribution in [-0.4, -0.2) is 18.5 Å². The van der Waals surface area contributed by atoms with Crippen LogP contribution in [0.4, 0.5) is 11.4 Å². The number of nitriles is 1. The first-order valence-electron chi connectivity index (χ1n) is 8.47. The van der Waals surface area contributed by atoms with Crippen LogP contribution >= 0.6 is 0 Å². The SMILES string of the molecule is CCOC(=O)c1ccccc1NC(=O)/C(C#N)=C\Nc1ccc(C)cc1C. The van der Waals surface area contributed by atoms with Gasteiger partial charge in [-0.15, -0.1) is 0 Å². The topological polar surface area (TPSA) is 91.2 Å². The van der Waals surface area contributed by atoms with E-state index in [0.29, 0.717) is 0 Å². The molecule has 2 N–H and O–H groups in total. The number of aryl methyl sites for hydroxylation is 2. The number of hydrogen-bond acceptors (Lipinski definition) is 5. The second-order valence-corrected chi connectivity index (χ2v) is 5.85. The van der Waals surface area contributed by atoms with Crippen LogP contribution < -0.4 is 10.6 Å². The molecule has 27 heavy (non-hydrogen) atoms. The van der Waals surface area contributed by atoms with Crippen LogP contribution in [0.25, 0.3) is 0 Å². The summed E-state index contributed by atoms with van der Waals surface area (Å²) in [5, 5.41) is 14.9. The third-order valence-corrected chi connectivity index (χ3v) is 3.79. The third-order valence-electron chi connectivity index (χ3n) is 3.79. The molecule has 0 aromatic heterocycles. The highest BCUT2D eigenvalue weighted by Crippen LogP contribution is 2.18. The van der Waals surface area contributed by atoms with Crippen LogP contribution in [0.3, 0.4) is 0 Å². The lowest BCUT2D eigenvalue weighted by molar-refractivity contribution is -0.112. The van der Waals surface area contributed by atoms with E-state index in [1.807, 2.05) is 38.1 Å². The minimum atomic E-state index is -0.619. The number of anilines is 2. The minimum Gasteiger partial charge on any atom is -0.462 e. The molecule has 1 amide bonds. The van der Waals surface area contributed by atoms with Crippen molar-refractivity contribution < 1.29 is 14.3 Å². The minimum absolute atomic E-state index is 0.117. The summed E-state index contributed by atoms with van der Waals surface area (Å²) in [4.78, 5) is 24.4. The number of carbonyl (C=O) groups excluding carboxylic acids is 2. The van der Waals surface area contributed by atoms with Crippen molar-refractivity contribution in [2.75, 3.05) is 17.2 Å². The number of benzene rings is 2. The van der Waals surface area contributed by atoms with Crippen molar-refractivity contribution in [3.05, 3.63) is 70.9 Å². The Balaban J connectivity index is 2.18. The average molecular weight is 363 g/mol. The van der Waals surface area contributed by atoms with Crippen molar-refractivity contribution in [1.29, 1.82) is 5.26 Å². The van der Waals surface area contributed by atoms with Gasteiger partial charge in [0.05, 0.1) is 17.9 Å². The fourth-order valence-corrected chi connectivity index (χ4v) is 2.44. The van der Waals surface area contributed by atoms with Gasteiger partial charge in [0.2, 0.25) is 0 Å². The Morgan fingerprint density at radius 2 is 1.89 bits per heavy atom. The maximum absolute atomic E-state index is 12.4. The quantitative estimate of drug-likeness (QED) is 0.461. The van der Waals surface area contributed by atoms with Gasteiger partial charge in [-0.05, 0) is 44.5 Å². The third kappa shape index (κ3) is 5.19. The Labute approximate surface area is 158 Å². The Hall–Kier alpha value is -3.59. The summed E-state index contributed by atoms with van der Waals surface area (Å²) >= 11 is 0. The Morgan fingerprint density at radius 1 is 1.15 bits per heavy atom. The summed E-state index contributed by atoms with van der Waals surface area (Å²) in [6.45, 7) is 5.85. The fourth-order valence-electron chi connectivity index (χ4n) is 2.44. The van der Waals surface area contributed by atoms with Gasteiger partial charge in [-0.3, -0.25) is 4.79 Å². The van der Waals surface area contributed by atoms with Crippen LogP contribution in [0.1, 0.15) is 28.4 Å². The van der Waals surface area contributed by atoms with Crippen LogP contribution in [0.15, 0.2) is 54.2 Å². The summed E-state index contributed by atoms with van der Waals surface area (Å²) < 4.78 is 4.98. The number of rotatable bonds is 6. The molecule has 0 saturated heterocycles. The maximum atomic E-state index is 12.4. The van der Waals surface area contributed by atoms with Crippen molar-refractivity contribution in [2.24, 2.45) is 0 Å². The summed E-state index contributed by atoms with van der Waals surface area (Å²) in [5.74, 6) is -1.16. The molecule has 0 aliphatic heterocycles. The van der Waals surface area contributed by atoms with Crippen molar-refractivity contribution >= 4 is 23.3 Å². The molecule has 2 rings (SSSR count). The van der Waals surface area contributed by atoms with E-state index in [-0.39, 0.29) is 23.4 Å². The molecule has 0 bridgehead atoms. The monoisotopic (exact) mass is 363 g/mol. The van der Waals surface area contributed by atoms with Gasteiger partial charge in [-0.1, -0.05) is 29.8 Å². The largest absolute Gasteiger partial charge is 0.462 e. The summed E-state index contributed by atoms with van der Waals surface area (Å²) in [6.07, 6.45) is 1.35. The number of ether oxygens (including phenoxy) is 1. The number of hydrogen-bond donors (Lipinski definition) is 2. The zero-order valence-electron chi connectivity index (χ0n) is 15.5. The molecule has 2 aromatic rings. The van der Waals surface area contributed by atoms with E-state index < -0.39 is 11.9 Å². The highest BCUT2D eigenvalue weighted by atomic mass is 16.5. The molecule has 6 heteroatoms. The smallest absolute Gasteiger partial charge is 0.340 e. The standard InChI is InChI=1S/C21H21N3O3/c1-4-27-21(26)17-7-5-6-8-19(17)24-20(25)16(12-22)13-23-18-10-9-14(2)11-15(18)3/h5-11,13,23H,4H2,1-3H3,(H,24,25)/b16-13-. The van der Waals surface area contributed by atoms with Gasteiger partial charge in [-0.2, -0.15) is 5.26 Å². The Morgan fingerprint density at radius 3 is 2.56 bits per heavy atom. The fraction of sp³-hybridized carbons (Fsp3) is 0.190. The van der Waals surface area contributed by atoms with Crippen molar-refractivity contribution in [1.82, 2.24) is 0 Å². The first-order valence-corrected chi connectivity index (χ1v) is 8.47. The second kappa shape index (κ2) is 9.20. The molecule has 0 saturated carbocycles. The van der Waals surface area contributed by atoms with Gasteiger partial charge < -0.3 is 15.4 Å². The van der Waals surface area contributed by atoms with Crippen molar-refractivity contribution in [2.45, 2.75) is 20.8 Å². The van der Waals surface area contributed by atoms with E-state index in [2.05, 4.69) is 10.6 Å². The normalized spacial score (nSPS) is 10.7. The lowest BCUT2D eigenvalue weighted by Gasteiger charge is -2.10. The highest BCUT2D eigenvalue weighted by Gasteiger charge is 2.16. The van der Waals surface area contributed by atoms with Crippen LogP contribution in [0.2, 0.25) is 0 Å². The lowest BCUT2D eigenvalue weighted by atomic mass is 10.1. The Bertz CT molecular complexity index is 927. The molecular weight excluding hydrogens is 342 g/mol. The van der Waals surface area contributed by atoms with E-state index in [4.69, 9.17) is 4.74 Å². The maximum Gasteiger partial charge on any atom is 0.340 e. The van der Waals surface area contributed by atoms with E-state index >= 15 is 0 Å². The van der Waals surface area contributed by atoms with Crippen LogP contribution in [0.5, 0.6) is 0 Å². The molecule has 0 fully saturated rings. The Kier molecular flexibility index (Phi) is 6.73. The number of nitrogens with zero attached hydrogens (tertiary/aromatic N) is 1. The predicted molar refractivity (Wildman–Crippen MR) is 104 cm³/mol. The number of carbonyl (C=O) groups is 2. The molecule has 6 nitrogen and oxygen atoms in total. The highest BCUT2D eigenvalue weighted by molar-refractivity contribution is 6.09. The van der Waals surface area contributed by atoms with Crippen molar-refractivity contribution in [3.63, 3.8) is 0 Å². The molecule has 0 aliphatic carbocycles. The van der Waals surface area contributed by atoms with Crippen LogP contribution in [0, 0.1) is 25.2 Å². The van der Waals surface area contributed by atoms with Crippen LogP contribution in [-0.2, 0) is 9.53 Å². The van der Waals surface area contributed by atoms with Gasteiger partial charge in [0, 0.05) is 11.9 Å². The average Bonchev–Trinajstić information content (AvgIpc) is 2.64.